The van der Waals surface area contributed by atoms with E-state index in [1.165, 1.54) is 11.0 Å². The van der Waals surface area contributed by atoms with Gasteiger partial charge in [-0.05, 0) is 54.0 Å². The Bertz CT molecular complexity index is 888. The van der Waals surface area contributed by atoms with Gasteiger partial charge in [0.25, 0.3) is 0 Å². The van der Waals surface area contributed by atoms with Crippen LogP contribution in [0, 0.1) is 0 Å². The summed E-state index contributed by atoms with van der Waals surface area (Å²) in [6.07, 6.45) is -0.928. The van der Waals surface area contributed by atoms with Crippen molar-refractivity contribution in [1.82, 2.24) is 15.5 Å². The molecule has 1 aromatic carbocycles. The number of phenols is 1. The molecule has 0 radical (unpaired) electrons. The largest absolute Gasteiger partial charge is 0.508 e. The second kappa shape index (κ2) is 11.7. The average molecular weight is 479 g/mol. The topological polar surface area (TPSA) is 151 Å². The summed E-state index contributed by atoms with van der Waals surface area (Å²) in [5, 5.41) is 15.7. The van der Waals surface area contributed by atoms with E-state index >= 15 is 0 Å². The number of nitrogens with one attached hydrogen (secondary N) is 2. The van der Waals surface area contributed by atoms with Gasteiger partial charge in [-0.2, -0.15) is 0 Å². The standard InChI is InChI=1S/C24H38N4O6/c1-8-13-28(21(32)16(14-18(25)30)26-22(33)34-24(5,6)7)19(20(31)27-23(2,3)4)15-11-9-10-12-17(15)29/h9-12,16,19,29H,8,13-14H2,1-7H3,(H2,25,30)(H,26,33)(H,27,31). The number of alkyl carbamates (subject to hydrolysis) is 1. The van der Waals surface area contributed by atoms with Crippen molar-refractivity contribution in [3.63, 3.8) is 0 Å². The lowest BCUT2D eigenvalue weighted by Crippen LogP contribution is -2.55. The van der Waals surface area contributed by atoms with Crippen molar-refractivity contribution in [3.8, 4) is 5.75 Å². The number of aromatic hydroxyl groups is 1. The number of rotatable bonds is 9. The third-order valence-electron chi connectivity index (χ3n) is 4.43. The van der Waals surface area contributed by atoms with E-state index in [-0.39, 0.29) is 17.9 Å². The number of ether oxygens (including phenoxy) is 1. The van der Waals surface area contributed by atoms with Gasteiger partial charge in [-0.15, -0.1) is 0 Å². The Morgan fingerprint density at radius 2 is 1.68 bits per heavy atom. The SMILES string of the molecule is CCCN(C(=O)C(CC(N)=O)NC(=O)OC(C)(C)C)C(C(=O)NC(C)(C)C)c1ccccc1O. The summed E-state index contributed by atoms with van der Waals surface area (Å²) in [4.78, 5) is 52.3. The van der Waals surface area contributed by atoms with E-state index < -0.39 is 53.5 Å². The molecule has 0 aliphatic rings. The van der Waals surface area contributed by atoms with Gasteiger partial charge in [0.05, 0.1) is 6.42 Å². The van der Waals surface area contributed by atoms with Crippen LogP contribution in [0.15, 0.2) is 24.3 Å². The van der Waals surface area contributed by atoms with Gasteiger partial charge in [-0.3, -0.25) is 14.4 Å². The quantitative estimate of drug-likeness (QED) is 0.428. The molecule has 4 amide bonds. The highest BCUT2D eigenvalue weighted by molar-refractivity contribution is 5.95. The number of benzene rings is 1. The van der Waals surface area contributed by atoms with Gasteiger partial charge in [0.15, 0.2) is 0 Å². The van der Waals surface area contributed by atoms with E-state index in [2.05, 4.69) is 10.6 Å². The van der Waals surface area contributed by atoms with Gasteiger partial charge >= 0.3 is 6.09 Å². The lowest BCUT2D eigenvalue weighted by molar-refractivity contribution is -0.144. The molecule has 0 saturated carbocycles. The minimum atomic E-state index is -1.37. The molecule has 5 N–H and O–H groups in total. The first-order valence-corrected chi connectivity index (χ1v) is 11.2. The number of nitrogens with zero attached hydrogens (tertiary/aromatic N) is 1. The van der Waals surface area contributed by atoms with Crippen molar-refractivity contribution in [3.05, 3.63) is 29.8 Å². The molecule has 10 nitrogen and oxygen atoms in total. The number of amides is 4. The summed E-state index contributed by atoms with van der Waals surface area (Å²) in [6.45, 7) is 12.3. The first-order valence-electron chi connectivity index (χ1n) is 11.2. The van der Waals surface area contributed by atoms with E-state index in [1.807, 2.05) is 6.92 Å². The zero-order chi connectivity index (χ0) is 26.3. The van der Waals surface area contributed by atoms with Crippen molar-refractivity contribution in [2.24, 2.45) is 5.73 Å². The van der Waals surface area contributed by atoms with Crippen molar-refractivity contribution in [2.75, 3.05) is 6.54 Å². The summed E-state index contributed by atoms with van der Waals surface area (Å²) in [5.74, 6) is -2.21. The molecular formula is C24H38N4O6. The molecule has 190 valence electrons. The van der Waals surface area contributed by atoms with Crippen molar-refractivity contribution < 1.29 is 29.0 Å². The van der Waals surface area contributed by atoms with Crippen LogP contribution in [0.4, 0.5) is 4.79 Å². The molecule has 0 spiro atoms. The van der Waals surface area contributed by atoms with Crippen molar-refractivity contribution >= 4 is 23.8 Å². The van der Waals surface area contributed by atoms with Crippen molar-refractivity contribution in [1.29, 1.82) is 0 Å². The third-order valence-corrected chi connectivity index (χ3v) is 4.43. The average Bonchev–Trinajstić information content (AvgIpc) is 2.64. The van der Waals surface area contributed by atoms with E-state index in [9.17, 15) is 24.3 Å². The number of hydrogen-bond acceptors (Lipinski definition) is 6. The van der Waals surface area contributed by atoms with Gasteiger partial charge in [0.2, 0.25) is 17.7 Å². The molecule has 0 aromatic heterocycles. The van der Waals surface area contributed by atoms with Gasteiger partial charge < -0.3 is 31.1 Å². The second-order valence-electron chi connectivity index (χ2n) is 10.1. The maximum atomic E-state index is 13.7. The zero-order valence-corrected chi connectivity index (χ0v) is 21.1. The Labute approximate surface area is 201 Å². The van der Waals surface area contributed by atoms with Crippen LogP contribution in [-0.2, 0) is 19.1 Å². The highest BCUT2D eigenvalue weighted by Gasteiger charge is 2.38. The fourth-order valence-electron chi connectivity index (χ4n) is 3.27. The number of para-hydroxylation sites is 1. The molecule has 2 unspecified atom stereocenters. The van der Waals surface area contributed by atoms with Crippen LogP contribution < -0.4 is 16.4 Å². The van der Waals surface area contributed by atoms with E-state index in [0.717, 1.165) is 0 Å². The molecule has 2 atom stereocenters. The monoisotopic (exact) mass is 478 g/mol. The van der Waals surface area contributed by atoms with Crippen LogP contribution in [0.5, 0.6) is 5.75 Å². The number of carbonyl (C=O) groups excluding carboxylic acids is 4. The Morgan fingerprint density at radius 1 is 1.09 bits per heavy atom. The predicted octanol–water partition coefficient (Wildman–Crippen LogP) is 2.36. The maximum Gasteiger partial charge on any atom is 0.408 e. The lowest BCUT2D eigenvalue weighted by Gasteiger charge is -2.35. The highest BCUT2D eigenvalue weighted by atomic mass is 16.6. The number of carbonyl (C=O) groups is 4. The molecule has 0 aliphatic heterocycles. The summed E-state index contributed by atoms with van der Waals surface area (Å²) in [5.41, 5.74) is 4.09. The summed E-state index contributed by atoms with van der Waals surface area (Å²) in [6, 6.07) is 3.62. The van der Waals surface area contributed by atoms with Crippen LogP contribution >= 0.6 is 0 Å². The summed E-state index contributed by atoms with van der Waals surface area (Å²) in [7, 11) is 0. The van der Waals surface area contributed by atoms with Gasteiger partial charge in [-0.25, -0.2) is 4.79 Å². The summed E-state index contributed by atoms with van der Waals surface area (Å²) < 4.78 is 5.23. The fourth-order valence-corrected chi connectivity index (χ4v) is 3.27. The molecule has 0 saturated heterocycles. The highest BCUT2D eigenvalue weighted by Crippen LogP contribution is 2.30. The Kier molecular flexibility index (Phi) is 9.90. The van der Waals surface area contributed by atoms with Crippen LogP contribution in [-0.4, -0.2) is 57.5 Å². The summed E-state index contributed by atoms with van der Waals surface area (Å²) >= 11 is 0. The maximum absolute atomic E-state index is 13.7. The molecule has 0 heterocycles. The number of primary amides is 1. The molecule has 34 heavy (non-hydrogen) atoms. The number of nitrogens with two attached hydrogens (primary N) is 1. The lowest BCUT2D eigenvalue weighted by atomic mass is 9.99. The van der Waals surface area contributed by atoms with Gasteiger partial charge in [0, 0.05) is 17.6 Å². The van der Waals surface area contributed by atoms with E-state index in [1.54, 1.807) is 59.7 Å². The van der Waals surface area contributed by atoms with Gasteiger partial charge in [-0.1, -0.05) is 25.1 Å². The number of phenolic OH excluding ortho intramolecular Hbond substituents is 1. The molecule has 1 rings (SSSR count). The molecule has 1 aromatic rings. The second-order valence-corrected chi connectivity index (χ2v) is 10.1. The molecular weight excluding hydrogens is 440 g/mol. The predicted molar refractivity (Wildman–Crippen MR) is 128 cm³/mol. The molecule has 10 heteroatoms. The van der Waals surface area contributed by atoms with Crippen molar-refractivity contribution in [2.45, 2.75) is 84.5 Å². The van der Waals surface area contributed by atoms with Crippen LogP contribution in [0.25, 0.3) is 0 Å². The fraction of sp³-hybridized carbons (Fsp3) is 0.583. The first kappa shape index (κ1) is 28.7. The minimum absolute atomic E-state index is 0.112. The Hall–Kier alpha value is -3.30. The third kappa shape index (κ3) is 9.29. The van der Waals surface area contributed by atoms with Crippen LogP contribution in [0.2, 0.25) is 0 Å². The smallest absolute Gasteiger partial charge is 0.408 e. The van der Waals surface area contributed by atoms with Crippen LogP contribution in [0.1, 0.15) is 72.9 Å². The van der Waals surface area contributed by atoms with E-state index in [0.29, 0.717) is 6.42 Å². The Balaban J connectivity index is 3.48. The molecule has 0 fully saturated rings. The van der Waals surface area contributed by atoms with Gasteiger partial charge in [0.1, 0.15) is 23.4 Å². The molecule has 0 aliphatic carbocycles. The zero-order valence-electron chi connectivity index (χ0n) is 21.1. The molecule has 0 bridgehead atoms. The normalized spacial score (nSPS) is 13.4. The van der Waals surface area contributed by atoms with Crippen LogP contribution in [0.3, 0.4) is 0 Å². The van der Waals surface area contributed by atoms with E-state index in [4.69, 9.17) is 10.5 Å². The number of hydrogen-bond donors (Lipinski definition) is 4. The Morgan fingerprint density at radius 3 is 2.15 bits per heavy atom. The first-order chi connectivity index (χ1) is 15.6. The minimum Gasteiger partial charge on any atom is -0.508 e.